The lowest BCUT2D eigenvalue weighted by Crippen LogP contribution is -1.97. The smallest absolute Gasteiger partial charge is 0.0547 e. The molecule has 13 aromatic rings. The summed E-state index contributed by atoms with van der Waals surface area (Å²) in [6.45, 7) is 0. The Morgan fingerprint density at radius 3 is 1.15 bits per heavy atom. The van der Waals surface area contributed by atoms with Gasteiger partial charge in [0.25, 0.3) is 0 Å². The second kappa shape index (κ2) is 16.5. The maximum Gasteiger partial charge on any atom is 0.0547 e. The van der Waals surface area contributed by atoms with E-state index in [-0.39, 0.29) is 0 Å². The van der Waals surface area contributed by atoms with Crippen LogP contribution in [0.1, 0.15) is 0 Å². The number of hydrogen-bond donors (Lipinski definition) is 0. The van der Waals surface area contributed by atoms with Gasteiger partial charge in [-0.3, -0.25) is 0 Å². The molecule has 0 radical (unpaired) electrons. The molecule has 11 aromatic carbocycles. The monoisotopic (exact) mass is 864 g/mol. The number of nitrogens with zero attached hydrogens (tertiary/aromatic N) is 2. The predicted octanol–water partition coefficient (Wildman–Crippen LogP) is 17.9. The number of benzene rings is 11. The Balaban J connectivity index is 0.934. The fourth-order valence-corrected chi connectivity index (χ4v) is 10.5. The van der Waals surface area contributed by atoms with Crippen LogP contribution in [0, 0.1) is 0 Å². The summed E-state index contributed by atoms with van der Waals surface area (Å²) in [6, 6.07) is 97.4. The zero-order chi connectivity index (χ0) is 45.0. The van der Waals surface area contributed by atoms with Crippen LogP contribution in [0.15, 0.2) is 267 Å². The molecule has 0 fully saturated rings. The topological polar surface area (TPSA) is 9.86 Å². The molecule has 0 unspecified atom stereocenters. The minimum Gasteiger partial charge on any atom is -0.309 e. The van der Waals surface area contributed by atoms with Gasteiger partial charge < -0.3 is 9.13 Å². The molecule has 0 spiro atoms. The fourth-order valence-electron chi connectivity index (χ4n) is 10.5. The molecule has 2 aromatic heterocycles. The third-order valence-electron chi connectivity index (χ3n) is 13.7. The first-order valence-electron chi connectivity index (χ1n) is 23.4. The Hall–Kier alpha value is -8.98. The molecule has 0 aliphatic heterocycles. The predicted molar refractivity (Wildman–Crippen MR) is 288 cm³/mol. The highest BCUT2D eigenvalue weighted by atomic mass is 15.0. The van der Waals surface area contributed by atoms with E-state index in [0.717, 1.165) is 5.69 Å². The van der Waals surface area contributed by atoms with Crippen LogP contribution in [0.3, 0.4) is 0 Å². The second-order valence-electron chi connectivity index (χ2n) is 17.7. The molecule has 0 saturated carbocycles. The van der Waals surface area contributed by atoms with Crippen molar-refractivity contribution >= 4 is 43.6 Å². The minimum absolute atomic E-state index is 1.14. The van der Waals surface area contributed by atoms with Gasteiger partial charge in [0.05, 0.1) is 27.8 Å². The van der Waals surface area contributed by atoms with Gasteiger partial charge in [-0.2, -0.15) is 0 Å². The quantitative estimate of drug-likeness (QED) is 0.144. The summed E-state index contributed by atoms with van der Waals surface area (Å²) in [5.74, 6) is 0. The summed E-state index contributed by atoms with van der Waals surface area (Å²) < 4.78 is 4.89. The van der Waals surface area contributed by atoms with Crippen molar-refractivity contribution in [2.45, 2.75) is 0 Å². The molecule has 0 aliphatic rings. The molecule has 0 saturated heterocycles. The lowest BCUT2D eigenvalue weighted by atomic mass is 9.96. The molecular weight excluding hydrogens is 821 g/mol. The molecule has 2 heterocycles. The van der Waals surface area contributed by atoms with Crippen LogP contribution in [0.2, 0.25) is 0 Å². The number of aromatic nitrogens is 2. The average molecular weight is 865 g/mol. The van der Waals surface area contributed by atoms with E-state index in [1.54, 1.807) is 0 Å². The van der Waals surface area contributed by atoms with Crippen LogP contribution in [-0.4, -0.2) is 9.13 Å². The third kappa shape index (κ3) is 6.73. The Morgan fingerprint density at radius 2 is 0.588 bits per heavy atom. The van der Waals surface area contributed by atoms with E-state index in [0.29, 0.717) is 0 Å². The highest BCUT2D eigenvalue weighted by Crippen LogP contribution is 2.43. The SMILES string of the molecule is c1ccc(-c2cccc(-n3c4ccc(-c5ccc(-c6ccc7c(c6)c6cc(-c8ccccc8)ccc6n7-c6ccccc6-c6ccccc6)cc5)cc4c4c(-c5ccccc5)cccc43)c2)cc1. The first-order chi connectivity index (χ1) is 33.7. The van der Waals surface area contributed by atoms with Gasteiger partial charge in [-0.1, -0.05) is 206 Å². The maximum atomic E-state index is 2.45. The Morgan fingerprint density at radius 1 is 0.206 bits per heavy atom. The van der Waals surface area contributed by atoms with Gasteiger partial charge in [-0.15, -0.1) is 0 Å². The molecule has 0 amide bonds. The van der Waals surface area contributed by atoms with Crippen LogP contribution < -0.4 is 0 Å². The molecule has 2 heteroatoms. The van der Waals surface area contributed by atoms with Crippen LogP contribution in [0.25, 0.3) is 122 Å². The van der Waals surface area contributed by atoms with E-state index in [2.05, 4.69) is 276 Å². The minimum atomic E-state index is 1.14. The van der Waals surface area contributed by atoms with E-state index >= 15 is 0 Å². The van der Waals surface area contributed by atoms with Crippen molar-refractivity contribution in [2.75, 3.05) is 0 Å². The first-order valence-corrected chi connectivity index (χ1v) is 23.4. The third-order valence-corrected chi connectivity index (χ3v) is 13.7. The van der Waals surface area contributed by atoms with Gasteiger partial charge in [-0.25, -0.2) is 0 Å². The number of rotatable bonds is 8. The van der Waals surface area contributed by atoms with Crippen molar-refractivity contribution in [1.29, 1.82) is 0 Å². The number of para-hydroxylation sites is 1. The summed E-state index contributed by atoms with van der Waals surface area (Å²) in [4.78, 5) is 0. The fraction of sp³-hybridized carbons (Fsp3) is 0. The molecule has 318 valence electrons. The van der Waals surface area contributed by atoms with Crippen molar-refractivity contribution in [3.05, 3.63) is 267 Å². The Bertz CT molecular complexity index is 3980. The van der Waals surface area contributed by atoms with Gasteiger partial charge in [-0.05, 0) is 122 Å². The lowest BCUT2D eigenvalue weighted by Gasteiger charge is -2.14. The molecule has 68 heavy (non-hydrogen) atoms. The Labute approximate surface area is 395 Å². The van der Waals surface area contributed by atoms with Gasteiger partial charge in [0.2, 0.25) is 0 Å². The van der Waals surface area contributed by atoms with E-state index in [9.17, 15) is 0 Å². The van der Waals surface area contributed by atoms with Crippen molar-refractivity contribution in [2.24, 2.45) is 0 Å². The number of hydrogen-bond acceptors (Lipinski definition) is 0. The number of fused-ring (bicyclic) bond motifs is 6. The van der Waals surface area contributed by atoms with E-state index < -0.39 is 0 Å². The van der Waals surface area contributed by atoms with Gasteiger partial charge in [0.1, 0.15) is 0 Å². The summed E-state index contributed by atoms with van der Waals surface area (Å²) in [5, 5.41) is 4.95. The summed E-state index contributed by atoms with van der Waals surface area (Å²) in [5.41, 5.74) is 21.5. The molecule has 13 rings (SSSR count). The zero-order valence-electron chi connectivity index (χ0n) is 37.3. The van der Waals surface area contributed by atoms with Crippen molar-refractivity contribution in [1.82, 2.24) is 9.13 Å². The van der Waals surface area contributed by atoms with E-state index in [1.807, 2.05) is 0 Å². The molecule has 0 aliphatic carbocycles. The van der Waals surface area contributed by atoms with E-state index in [4.69, 9.17) is 0 Å². The van der Waals surface area contributed by atoms with E-state index in [1.165, 1.54) is 116 Å². The van der Waals surface area contributed by atoms with Gasteiger partial charge in [0, 0.05) is 32.8 Å². The highest BCUT2D eigenvalue weighted by Gasteiger charge is 2.20. The zero-order valence-corrected chi connectivity index (χ0v) is 37.3. The second-order valence-corrected chi connectivity index (χ2v) is 17.7. The normalized spacial score (nSPS) is 11.5. The van der Waals surface area contributed by atoms with Crippen molar-refractivity contribution in [3.8, 4) is 78.1 Å². The summed E-state index contributed by atoms with van der Waals surface area (Å²) >= 11 is 0. The maximum absolute atomic E-state index is 2.45. The largest absolute Gasteiger partial charge is 0.309 e. The lowest BCUT2D eigenvalue weighted by molar-refractivity contribution is 1.18. The van der Waals surface area contributed by atoms with Gasteiger partial charge in [0.15, 0.2) is 0 Å². The Kier molecular flexibility index (Phi) is 9.54. The standard InChI is InChI=1S/C66H44N2/c1-5-17-45(18-6-1)51-25-15-26-55(41-51)67-64-40-37-54(44-60(64)66-57(28-16-30-65(66)67)50-23-11-4-12-24-50)48-33-31-47(32-34-48)53-36-39-63-59(43-53)58-42-52(46-19-7-2-8-20-46)35-38-62(58)68(63)61-29-14-13-27-56(61)49-21-9-3-10-22-49/h1-44H. The van der Waals surface area contributed by atoms with Gasteiger partial charge >= 0.3 is 0 Å². The van der Waals surface area contributed by atoms with Crippen molar-refractivity contribution < 1.29 is 0 Å². The molecule has 0 atom stereocenters. The molecule has 2 nitrogen and oxygen atoms in total. The summed E-state index contributed by atoms with van der Waals surface area (Å²) in [7, 11) is 0. The molecule has 0 bridgehead atoms. The van der Waals surface area contributed by atoms with Crippen LogP contribution in [0.5, 0.6) is 0 Å². The summed E-state index contributed by atoms with van der Waals surface area (Å²) in [6.07, 6.45) is 0. The molecule has 0 N–H and O–H groups in total. The van der Waals surface area contributed by atoms with Crippen LogP contribution in [-0.2, 0) is 0 Å². The van der Waals surface area contributed by atoms with Crippen LogP contribution in [0.4, 0.5) is 0 Å². The first kappa shape index (κ1) is 39.4. The van der Waals surface area contributed by atoms with Crippen molar-refractivity contribution in [3.63, 3.8) is 0 Å². The highest BCUT2D eigenvalue weighted by molar-refractivity contribution is 6.17. The average Bonchev–Trinajstić information content (AvgIpc) is 3.94. The molecular formula is C66H44N2. The van der Waals surface area contributed by atoms with Crippen LogP contribution >= 0.6 is 0 Å².